The topological polar surface area (TPSA) is 80.3 Å². The Morgan fingerprint density at radius 3 is 2.34 bits per heavy atom. The van der Waals surface area contributed by atoms with Gasteiger partial charge in [0.05, 0.1) is 6.61 Å². The molecule has 3 aromatic rings. The summed E-state index contributed by atoms with van der Waals surface area (Å²) in [6.45, 7) is 2.54. The highest BCUT2D eigenvalue weighted by Gasteiger charge is 2.06. The van der Waals surface area contributed by atoms with Gasteiger partial charge in [-0.25, -0.2) is 0 Å². The molecule has 2 amide bonds. The molecular weight excluding hydrogens is 366 g/mol. The molecule has 6 nitrogen and oxygen atoms in total. The van der Waals surface area contributed by atoms with Gasteiger partial charge in [-0.2, -0.15) is 0 Å². The van der Waals surface area contributed by atoms with E-state index in [-0.39, 0.29) is 11.8 Å². The van der Waals surface area contributed by atoms with Gasteiger partial charge < -0.3 is 15.4 Å². The second kappa shape index (κ2) is 9.85. The molecule has 0 atom stereocenters. The van der Waals surface area contributed by atoms with Crippen molar-refractivity contribution in [1.29, 1.82) is 0 Å². The second-order valence-corrected chi connectivity index (χ2v) is 6.10. The zero-order valence-corrected chi connectivity index (χ0v) is 16.0. The van der Waals surface area contributed by atoms with E-state index in [9.17, 15) is 9.59 Å². The summed E-state index contributed by atoms with van der Waals surface area (Å²) in [7, 11) is 0. The zero-order chi connectivity index (χ0) is 20.5. The highest BCUT2D eigenvalue weighted by molar-refractivity contribution is 6.05. The fourth-order valence-corrected chi connectivity index (χ4v) is 2.58. The summed E-state index contributed by atoms with van der Waals surface area (Å²) in [5, 5.41) is 5.58. The van der Waals surface area contributed by atoms with Crippen LogP contribution in [0.2, 0.25) is 0 Å². The molecule has 0 fully saturated rings. The van der Waals surface area contributed by atoms with Crippen LogP contribution in [0.3, 0.4) is 0 Å². The van der Waals surface area contributed by atoms with Crippen molar-refractivity contribution in [1.82, 2.24) is 4.98 Å². The number of rotatable bonds is 7. The van der Waals surface area contributed by atoms with E-state index in [2.05, 4.69) is 15.6 Å². The molecule has 0 aliphatic heterocycles. The standard InChI is InChI=1S/C23H21N3O3/c1-2-29-21-9-6-17(7-10-21)8-11-22(27)25-19-4-3-5-20(16-19)26-23(28)18-12-14-24-15-13-18/h3-16H,2H2,1H3,(H,25,27)(H,26,28)/b11-8+. The van der Waals surface area contributed by atoms with Crippen molar-refractivity contribution in [3.8, 4) is 5.75 Å². The van der Waals surface area contributed by atoms with Crippen LogP contribution in [0.1, 0.15) is 22.8 Å². The first-order valence-electron chi connectivity index (χ1n) is 9.17. The lowest BCUT2D eigenvalue weighted by atomic mass is 10.2. The third-order valence-electron chi connectivity index (χ3n) is 3.95. The van der Waals surface area contributed by atoms with Crippen LogP contribution < -0.4 is 15.4 Å². The number of hydrogen-bond acceptors (Lipinski definition) is 4. The zero-order valence-electron chi connectivity index (χ0n) is 16.0. The Morgan fingerprint density at radius 2 is 1.66 bits per heavy atom. The van der Waals surface area contributed by atoms with Crippen LogP contribution in [-0.2, 0) is 4.79 Å². The molecule has 2 aromatic carbocycles. The van der Waals surface area contributed by atoms with Gasteiger partial charge in [-0.15, -0.1) is 0 Å². The molecule has 0 spiro atoms. The van der Waals surface area contributed by atoms with Gasteiger partial charge in [-0.3, -0.25) is 14.6 Å². The third-order valence-corrected chi connectivity index (χ3v) is 3.95. The molecule has 0 unspecified atom stereocenters. The fraction of sp³-hybridized carbons (Fsp3) is 0.0870. The maximum Gasteiger partial charge on any atom is 0.255 e. The maximum absolute atomic E-state index is 12.2. The van der Waals surface area contributed by atoms with E-state index in [1.165, 1.54) is 6.08 Å². The van der Waals surface area contributed by atoms with Crippen LogP contribution in [0, 0.1) is 0 Å². The van der Waals surface area contributed by atoms with E-state index in [1.54, 1.807) is 54.9 Å². The quantitative estimate of drug-likeness (QED) is 0.590. The molecular formula is C23H21N3O3. The van der Waals surface area contributed by atoms with Crippen molar-refractivity contribution in [3.63, 3.8) is 0 Å². The van der Waals surface area contributed by atoms with Gasteiger partial charge in [-0.05, 0) is 61.0 Å². The number of amides is 2. The number of pyridine rings is 1. The van der Waals surface area contributed by atoms with Crippen LogP contribution >= 0.6 is 0 Å². The average molecular weight is 387 g/mol. The normalized spacial score (nSPS) is 10.5. The number of nitrogens with zero attached hydrogens (tertiary/aromatic N) is 1. The minimum Gasteiger partial charge on any atom is -0.494 e. The van der Waals surface area contributed by atoms with Gasteiger partial charge in [0.15, 0.2) is 0 Å². The van der Waals surface area contributed by atoms with Crippen molar-refractivity contribution in [2.45, 2.75) is 6.92 Å². The lowest BCUT2D eigenvalue weighted by molar-refractivity contribution is -0.111. The van der Waals surface area contributed by atoms with Crippen molar-refractivity contribution < 1.29 is 14.3 Å². The Kier molecular flexibility index (Phi) is 6.73. The van der Waals surface area contributed by atoms with Gasteiger partial charge in [0.2, 0.25) is 5.91 Å². The van der Waals surface area contributed by atoms with Crippen molar-refractivity contribution in [3.05, 3.63) is 90.3 Å². The number of benzene rings is 2. The summed E-state index contributed by atoms with van der Waals surface area (Å²) >= 11 is 0. The molecule has 6 heteroatoms. The number of nitrogens with one attached hydrogen (secondary N) is 2. The van der Waals surface area contributed by atoms with E-state index in [0.29, 0.717) is 23.5 Å². The Bertz CT molecular complexity index is 999. The van der Waals surface area contributed by atoms with Gasteiger partial charge >= 0.3 is 0 Å². The lowest BCUT2D eigenvalue weighted by Crippen LogP contribution is -2.12. The minimum absolute atomic E-state index is 0.244. The average Bonchev–Trinajstić information content (AvgIpc) is 2.74. The second-order valence-electron chi connectivity index (χ2n) is 6.10. The number of hydrogen-bond donors (Lipinski definition) is 2. The lowest BCUT2D eigenvalue weighted by Gasteiger charge is -2.08. The van der Waals surface area contributed by atoms with Crippen molar-refractivity contribution in [2.75, 3.05) is 17.2 Å². The summed E-state index contributed by atoms with van der Waals surface area (Å²) in [6.07, 6.45) is 6.29. The van der Waals surface area contributed by atoms with Gasteiger partial charge in [0, 0.05) is 35.4 Å². The number of aromatic nitrogens is 1. The van der Waals surface area contributed by atoms with Gasteiger partial charge in [0.1, 0.15) is 5.75 Å². The molecule has 0 bridgehead atoms. The molecule has 0 aliphatic rings. The summed E-state index contributed by atoms with van der Waals surface area (Å²) in [4.78, 5) is 28.3. The van der Waals surface area contributed by atoms with E-state index >= 15 is 0 Å². The van der Waals surface area contributed by atoms with E-state index in [0.717, 1.165) is 11.3 Å². The Balaban J connectivity index is 1.59. The predicted molar refractivity (Wildman–Crippen MR) is 114 cm³/mol. The summed E-state index contributed by atoms with van der Waals surface area (Å²) in [6, 6.07) is 17.7. The number of ether oxygens (including phenoxy) is 1. The molecule has 1 heterocycles. The molecule has 1 aromatic heterocycles. The molecule has 0 saturated heterocycles. The molecule has 146 valence electrons. The van der Waals surface area contributed by atoms with Crippen LogP contribution in [0.15, 0.2) is 79.1 Å². The number of carbonyl (C=O) groups is 2. The monoisotopic (exact) mass is 387 g/mol. The van der Waals surface area contributed by atoms with Crippen LogP contribution in [0.4, 0.5) is 11.4 Å². The van der Waals surface area contributed by atoms with Crippen LogP contribution in [0.25, 0.3) is 6.08 Å². The number of carbonyl (C=O) groups excluding carboxylic acids is 2. The molecule has 3 rings (SSSR count). The molecule has 0 aliphatic carbocycles. The largest absolute Gasteiger partial charge is 0.494 e. The van der Waals surface area contributed by atoms with Gasteiger partial charge in [0.25, 0.3) is 5.91 Å². The Hall–Kier alpha value is -3.93. The predicted octanol–water partition coefficient (Wildman–Crippen LogP) is 4.38. The molecule has 2 N–H and O–H groups in total. The highest BCUT2D eigenvalue weighted by Crippen LogP contribution is 2.17. The summed E-state index contributed by atoms with van der Waals surface area (Å²) in [5.74, 6) is 0.280. The van der Waals surface area contributed by atoms with E-state index in [4.69, 9.17) is 4.74 Å². The third kappa shape index (κ3) is 6.04. The van der Waals surface area contributed by atoms with E-state index < -0.39 is 0 Å². The van der Waals surface area contributed by atoms with Crippen molar-refractivity contribution in [2.24, 2.45) is 0 Å². The Morgan fingerprint density at radius 1 is 0.966 bits per heavy atom. The first kappa shape index (κ1) is 19.8. The fourth-order valence-electron chi connectivity index (χ4n) is 2.58. The number of anilines is 2. The first-order chi connectivity index (χ1) is 14.1. The first-order valence-corrected chi connectivity index (χ1v) is 9.17. The Labute approximate surface area is 169 Å². The molecule has 0 saturated carbocycles. The molecule has 0 radical (unpaired) electrons. The van der Waals surface area contributed by atoms with Crippen LogP contribution in [0.5, 0.6) is 5.75 Å². The minimum atomic E-state index is -0.267. The van der Waals surface area contributed by atoms with Crippen LogP contribution in [-0.4, -0.2) is 23.4 Å². The highest BCUT2D eigenvalue weighted by atomic mass is 16.5. The van der Waals surface area contributed by atoms with E-state index in [1.807, 2.05) is 31.2 Å². The smallest absolute Gasteiger partial charge is 0.255 e. The maximum atomic E-state index is 12.2. The van der Waals surface area contributed by atoms with Crippen molar-refractivity contribution >= 4 is 29.3 Å². The molecule has 29 heavy (non-hydrogen) atoms. The summed E-state index contributed by atoms with van der Waals surface area (Å²) in [5.41, 5.74) is 2.56. The van der Waals surface area contributed by atoms with Gasteiger partial charge in [-0.1, -0.05) is 18.2 Å². The summed E-state index contributed by atoms with van der Waals surface area (Å²) < 4.78 is 5.40. The SMILES string of the molecule is CCOc1ccc(/C=C/C(=O)Nc2cccc(NC(=O)c3ccncc3)c2)cc1.